The Labute approximate surface area is 146 Å². The van der Waals surface area contributed by atoms with Gasteiger partial charge in [-0.1, -0.05) is 0 Å². The van der Waals surface area contributed by atoms with E-state index in [0.29, 0.717) is 25.9 Å². The Kier molecular flexibility index (Phi) is 5.60. The lowest BCUT2D eigenvalue weighted by molar-refractivity contribution is -0.122. The monoisotopic (exact) mass is 344 g/mol. The minimum atomic E-state index is -0.937. The first kappa shape index (κ1) is 17.3. The van der Waals surface area contributed by atoms with Crippen LogP contribution in [0.5, 0.6) is 0 Å². The summed E-state index contributed by atoms with van der Waals surface area (Å²) in [5.74, 6) is 0.711. The molecule has 1 saturated heterocycles. The van der Waals surface area contributed by atoms with Crippen LogP contribution < -0.4 is 10.2 Å². The number of amides is 1. The SMILES string of the molecule is O=C(CCCn1cccn1)NC[C@]1(O)CCCN(c2cnccn2)C1. The van der Waals surface area contributed by atoms with Gasteiger partial charge in [0.1, 0.15) is 5.82 Å². The molecule has 1 amide bonds. The number of hydrogen-bond acceptors (Lipinski definition) is 6. The molecular weight excluding hydrogens is 320 g/mol. The third kappa shape index (κ3) is 4.99. The van der Waals surface area contributed by atoms with Crippen molar-refractivity contribution in [1.29, 1.82) is 0 Å². The first-order valence-corrected chi connectivity index (χ1v) is 8.62. The number of carbonyl (C=O) groups excluding carboxylic acids is 1. The van der Waals surface area contributed by atoms with Crippen LogP contribution in [0.4, 0.5) is 5.82 Å². The van der Waals surface area contributed by atoms with E-state index >= 15 is 0 Å². The van der Waals surface area contributed by atoms with Crippen LogP contribution >= 0.6 is 0 Å². The Morgan fingerprint density at radius 3 is 3.04 bits per heavy atom. The first-order chi connectivity index (χ1) is 12.1. The van der Waals surface area contributed by atoms with Gasteiger partial charge < -0.3 is 15.3 Å². The zero-order valence-corrected chi connectivity index (χ0v) is 14.2. The predicted molar refractivity (Wildman–Crippen MR) is 92.9 cm³/mol. The molecule has 2 N–H and O–H groups in total. The lowest BCUT2D eigenvalue weighted by Crippen LogP contribution is -2.54. The van der Waals surface area contributed by atoms with Crippen LogP contribution in [0, 0.1) is 0 Å². The van der Waals surface area contributed by atoms with Crippen molar-refractivity contribution in [3.05, 3.63) is 37.1 Å². The van der Waals surface area contributed by atoms with Gasteiger partial charge in [0.05, 0.1) is 11.8 Å². The second-order valence-corrected chi connectivity index (χ2v) is 6.46. The molecule has 3 rings (SSSR count). The highest BCUT2D eigenvalue weighted by atomic mass is 16.3. The van der Waals surface area contributed by atoms with Gasteiger partial charge >= 0.3 is 0 Å². The van der Waals surface area contributed by atoms with E-state index in [0.717, 1.165) is 25.2 Å². The number of rotatable bonds is 7. The molecule has 2 aromatic heterocycles. The fraction of sp³-hybridized carbons (Fsp3) is 0.529. The summed E-state index contributed by atoms with van der Waals surface area (Å²) in [5, 5.41) is 17.8. The van der Waals surface area contributed by atoms with Gasteiger partial charge in [-0.15, -0.1) is 0 Å². The molecule has 8 heteroatoms. The van der Waals surface area contributed by atoms with Crippen LogP contribution in [0.3, 0.4) is 0 Å². The first-order valence-electron chi connectivity index (χ1n) is 8.62. The van der Waals surface area contributed by atoms with E-state index in [1.165, 1.54) is 0 Å². The van der Waals surface area contributed by atoms with Gasteiger partial charge in [0.15, 0.2) is 0 Å². The number of nitrogens with zero attached hydrogens (tertiary/aromatic N) is 5. The van der Waals surface area contributed by atoms with Gasteiger partial charge in [-0.25, -0.2) is 4.98 Å². The normalized spacial score (nSPS) is 20.4. The van der Waals surface area contributed by atoms with Gasteiger partial charge in [0.25, 0.3) is 0 Å². The molecule has 8 nitrogen and oxygen atoms in total. The number of β-amino-alcohol motifs (C(OH)–C–C–N with tert-alkyl or cyclic N) is 1. The molecule has 0 radical (unpaired) electrons. The number of piperidine rings is 1. The van der Waals surface area contributed by atoms with Crippen molar-refractivity contribution in [3.63, 3.8) is 0 Å². The minimum Gasteiger partial charge on any atom is -0.386 e. The van der Waals surface area contributed by atoms with E-state index in [4.69, 9.17) is 0 Å². The maximum Gasteiger partial charge on any atom is 0.220 e. The van der Waals surface area contributed by atoms with E-state index in [-0.39, 0.29) is 12.5 Å². The average molecular weight is 344 g/mol. The number of carbonyl (C=O) groups is 1. The summed E-state index contributed by atoms with van der Waals surface area (Å²) in [4.78, 5) is 22.4. The number of aryl methyl sites for hydroxylation is 1. The van der Waals surface area contributed by atoms with Gasteiger partial charge in [-0.3, -0.25) is 14.5 Å². The molecule has 1 aliphatic rings. The smallest absolute Gasteiger partial charge is 0.220 e. The van der Waals surface area contributed by atoms with Crippen LogP contribution in [0.15, 0.2) is 37.1 Å². The molecule has 1 fully saturated rings. The Morgan fingerprint density at radius 1 is 1.36 bits per heavy atom. The van der Waals surface area contributed by atoms with Crippen LogP contribution in [-0.4, -0.2) is 56.0 Å². The van der Waals surface area contributed by atoms with Gasteiger partial charge in [0, 0.05) is 57.4 Å². The zero-order valence-electron chi connectivity index (χ0n) is 14.2. The molecule has 0 aliphatic carbocycles. The highest BCUT2D eigenvalue weighted by Crippen LogP contribution is 2.23. The standard InChI is InChI=1S/C17H24N6O2/c24-16(4-1-10-23-11-3-6-21-23)20-13-17(25)5-2-9-22(14-17)15-12-18-7-8-19-15/h3,6-8,11-12,25H,1-2,4-5,9-10,13-14H2,(H,20,24)/t17-/m1/s1. The van der Waals surface area contributed by atoms with Crippen molar-refractivity contribution >= 4 is 11.7 Å². The third-order valence-corrected chi connectivity index (χ3v) is 4.39. The van der Waals surface area contributed by atoms with Crippen LogP contribution in [-0.2, 0) is 11.3 Å². The molecule has 0 aromatic carbocycles. The molecule has 1 aliphatic heterocycles. The lowest BCUT2D eigenvalue weighted by atomic mass is 9.92. The van der Waals surface area contributed by atoms with Crippen molar-refractivity contribution < 1.29 is 9.90 Å². The molecule has 1 atom stereocenters. The molecule has 3 heterocycles. The maximum absolute atomic E-state index is 12.0. The molecule has 0 saturated carbocycles. The number of anilines is 1. The molecule has 0 unspecified atom stereocenters. The molecule has 25 heavy (non-hydrogen) atoms. The summed E-state index contributed by atoms with van der Waals surface area (Å²) < 4.78 is 1.81. The van der Waals surface area contributed by atoms with Crippen molar-refractivity contribution in [1.82, 2.24) is 25.1 Å². The van der Waals surface area contributed by atoms with E-state index in [9.17, 15) is 9.90 Å². The summed E-state index contributed by atoms with van der Waals surface area (Å²) in [6.07, 6.45) is 11.2. The zero-order chi connectivity index (χ0) is 17.5. The van der Waals surface area contributed by atoms with Crippen molar-refractivity contribution in [2.45, 2.75) is 37.8 Å². The summed E-state index contributed by atoms with van der Waals surface area (Å²) in [7, 11) is 0. The van der Waals surface area contributed by atoms with E-state index in [1.807, 2.05) is 17.2 Å². The highest BCUT2D eigenvalue weighted by Gasteiger charge is 2.34. The Hall–Kier alpha value is -2.48. The van der Waals surface area contributed by atoms with E-state index < -0.39 is 5.60 Å². The Morgan fingerprint density at radius 2 is 2.28 bits per heavy atom. The summed E-state index contributed by atoms with van der Waals surface area (Å²) >= 11 is 0. The highest BCUT2D eigenvalue weighted by molar-refractivity contribution is 5.75. The Bertz CT molecular complexity index is 663. The summed E-state index contributed by atoms with van der Waals surface area (Å²) in [6, 6.07) is 1.86. The molecule has 134 valence electrons. The minimum absolute atomic E-state index is 0.0443. The molecular formula is C17H24N6O2. The fourth-order valence-electron chi connectivity index (χ4n) is 3.09. The molecule has 0 bridgehead atoms. The van der Waals surface area contributed by atoms with Crippen LogP contribution in [0.25, 0.3) is 0 Å². The van der Waals surface area contributed by atoms with Crippen molar-refractivity contribution in [2.75, 3.05) is 24.5 Å². The van der Waals surface area contributed by atoms with E-state index in [1.54, 1.807) is 29.5 Å². The quantitative estimate of drug-likeness (QED) is 0.764. The van der Waals surface area contributed by atoms with Crippen molar-refractivity contribution in [2.24, 2.45) is 0 Å². The van der Waals surface area contributed by atoms with Gasteiger partial charge in [-0.2, -0.15) is 5.10 Å². The summed E-state index contributed by atoms with van der Waals surface area (Å²) in [6.45, 7) is 2.24. The predicted octanol–water partition coefficient (Wildman–Crippen LogP) is 0.601. The third-order valence-electron chi connectivity index (χ3n) is 4.39. The second kappa shape index (κ2) is 8.06. The molecule has 2 aromatic rings. The van der Waals surface area contributed by atoms with Crippen LogP contribution in [0.2, 0.25) is 0 Å². The van der Waals surface area contributed by atoms with Gasteiger partial charge in [-0.05, 0) is 25.3 Å². The Balaban J connectivity index is 1.44. The van der Waals surface area contributed by atoms with Crippen LogP contribution in [0.1, 0.15) is 25.7 Å². The fourth-order valence-corrected chi connectivity index (χ4v) is 3.09. The topological polar surface area (TPSA) is 96.2 Å². The van der Waals surface area contributed by atoms with E-state index in [2.05, 4.69) is 20.4 Å². The summed E-state index contributed by atoms with van der Waals surface area (Å²) in [5.41, 5.74) is -0.937. The number of aromatic nitrogens is 4. The number of hydrogen-bond donors (Lipinski definition) is 2. The second-order valence-electron chi connectivity index (χ2n) is 6.46. The maximum atomic E-state index is 12.0. The van der Waals surface area contributed by atoms with Crippen molar-refractivity contribution in [3.8, 4) is 0 Å². The average Bonchev–Trinajstić information content (AvgIpc) is 3.14. The number of aliphatic hydroxyl groups is 1. The number of nitrogens with one attached hydrogen (secondary N) is 1. The lowest BCUT2D eigenvalue weighted by Gasteiger charge is -2.39. The van der Waals surface area contributed by atoms with Gasteiger partial charge in [0.2, 0.25) is 5.91 Å². The largest absolute Gasteiger partial charge is 0.386 e. The molecule has 0 spiro atoms.